The number of carbonyl (C=O) groups is 1. The predicted octanol–water partition coefficient (Wildman–Crippen LogP) is 0.447. The molecule has 0 radical (unpaired) electrons. The zero-order valence-corrected chi connectivity index (χ0v) is 9.67. The fourth-order valence-electron chi connectivity index (χ4n) is 1.27. The SMILES string of the molecule is COC(=O)CN(c1nccnc1N)C(C)C. The molecule has 0 fully saturated rings. The summed E-state index contributed by atoms with van der Waals surface area (Å²) in [5.74, 6) is 0.474. The van der Waals surface area contributed by atoms with Crippen LogP contribution in [0.3, 0.4) is 0 Å². The smallest absolute Gasteiger partial charge is 0.325 e. The van der Waals surface area contributed by atoms with Gasteiger partial charge >= 0.3 is 5.97 Å². The number of esters is 1. The molecule has 0 spiro atoms. The molecule has 0 aromatic carbocycles. The average Bonchev–Trinajstić information content (AvgIpc) is 2.26. The molecule has 88 valence electrons. The molecule has 0 atom stereocenters. The van der Waals surface area contributed by atoms with Gasteiger partial charge in [-0.2, -0.15) is 0 Å². The van der Waals surface area contributed by atoms with Gasteiger partial charge in [0.2, 0.25) is 0 Å². The molecule has 0 unspecified atom stereocenters. The summed E-state index contributed by atoms with van der Waals surface area (Å²) in [6, 6.07) is 0.0816. The Kier molecular flexibility index (Phi) is 4.04. The predicted molar refractivity (Wildman–Crippen MR) is 60.9 cm³/mol. The van der Waals surface area contributed by atoms with E-state index < -0.39 is 0 Å². The topological polar surface area (TPSA) is 81.3 Å². The van der Waals surface area contributed by atoms with E-state index in [0.717, 1.165) is 0 Å². The summed E-state index contributed by atoms with van der Waals surface area (Å²) in [5.41, 5.74) is 5.71. The number of methoxy groups -OCH3 is 1. The maximum Gasteiger partial charge on any atom is 0.325 e. The van der Waals surface area contributed by atoms with Crippen LogP contribution in [0, 0.1) is 0 Å². The quantitative estimate of drug-likeness (QED) is 0.748. The van der Waals surface area contributed by atoms with E-state index in [9.17, 15) is 4.79 Å². The van der Waals surface area contributed by atoms with E-state index in [2.05, 4.69) is 14.7 Å². The van der Waals surface area contributed by atoms with Gasteiger partial charge in [-0.3, -0.25) is 4.79 Å². The highest BCUT2D eigenvalue weighted by molar-refractivity contribution is 5.76. The number of hydrogen-bond acceptors (Lipinski definition) is 6. The molecule has 16 heavy (non-hydrogen) atoms. The number of anilines is 2. The van der Waals surface area contributed by atoms with Crippen LogP contribution in [0.1, 0.15) is 13.8 Å². The summed E-state index contributed by atoms with van der Waals surface area (Å²) < 4.78 is 4.62. The largest absolute Gasteiger partial charge is 0.468 e. The molecule has 1 heterocycles. The van der Waals surface area contributed by atoms with Crippen LogP contribution in [0.2, 0.25) is 0 Å². The fourth-order valence-corrected chi connectivity index (χ4v) is 1.27. The van der Waals surface area contributed by atoms with Crippen LogP contribution in [-0.4, -0.2) is 35.6 Å². The molecule has 1 aromatic rings. The standard InChI is InChI=1S/C10H16N4O2/c1-7(2)14(6-8(15)16-3)10-9(11)12-4-5-13-10/h4-5,7H,6H2,1-3H3,(H2,11,12). The molecule has 0 saturated heterocycles. The van der Waals surface area contributed by atoms with E-state index in [1.807, 2.05) is 13.8 Å². The van der Waals surface area contributed by atoms with Crippen LogP contribution in [0.15, 0.2) is 12.4 Å². The Morgan fingerprint density at radius 1 is 1.50 bits per heavy atom. The molecule has 0 aliphatic heterocycles. The number of carbonyl (C=O) groups excluding carboxylic acids is 1. The lowest BCUT2D eigenvalue weighted by molar-refractivity contribution is -0.139. The van der Waals surface area contributed by atoms with Gasteiger partial charge in [0.25, 0.3) is 0 Å². The first-order valence-electron chi connectivity index (χ1n) is 4.96. The van der Waals surface area contributed by atoms with Crippen LogP contribution in [0.4, 0.5) is 11.6 Å². The minimum absolute atomic E-state index is 0.0816. The van der Waals surface area contributed by atoms with Crippen molar-refractivity contribution in [3.05, 3.63) is 12.4 Å². The van der Waals surface area contributed by atoms with Crippen molar-refractivity contribution in [2.75, 3.05) is 24.3 Å². The van der Waals surface area contributed by atoms with Gasteiger partial charge in [-0.25, -0.2) is 9.97 Å². The molecule has 6 heteroatoms. The zero-order chi connectivity index (χ0) is 12.1. The Bertz CT molecular complexity index is 368. The number of nitrogen functional groups attached to an aromatic ring is 1. The van der Waals surface area contributed by atoms with Crippen molar-refractivity contribution in [2.45, 2.75) is 19.9 Å². The maximum atomic E-state index is 11.3. The van der Waals surface area contributed by atoms with E-state index in [1.165, 1.54) is 13.3 Å². The summed E-state index contributed by atoms with van der Waals surface area (Å²) in [5, 5.41) is 0. The van der Waals surface area contributed by atoms with Crippen molar-refractivity contribution in [1.82, 2.24) is 9.97 Å². The molecule has 1 rings (SSSR count). The van der Waals surface area contributed by atoms with Crippen LogP contribution in [-0.2, 0) is 9.53 Å². The summed E-state index contributed by atoms with van der Waals surface area (Å²) in [7, 11) is 1.35. The van der Waals surface area contributed by atoms with Crippen molar-refractivity contribution in [3.63, 3.8) is 0 Å². The monoisotopic (exact) mass is 224 g/mol. The third-order valence-corrected chi connectivity index (χ3v) is 2.13. The molecule has 0 saturated carbocycles. The average molecular weight is 224 g/mol. The Hall–Kier alpha value is -1.85. The third kappa shape index (κ3) is 2.82. The van der Waals surface area contributed by atoms with Gasteiger partial charge in [0.15, 0.2) is 11.6 Å². The van der Waals surface area contributed by atoms with Crippen LogP contribution < -0.4 is 10.6 Å². The van der Waals surface area contributed by atoms with Gasteiger partial charge in [0, 0.05) is 18.4 Å². The first-order chi connectivity index (χ1) is 7.56. The summed E-state index contributed by atoms with van der Waals surface area (Å²) in [6.45, 7) is 3.99. The van der Waals surface area contributed by atoms with Gasteiger partial charge in [-0.05, 0) is 13.8 Å². The minimum atomic E-state index is -0.334. The zero-order valence-electron chi connectivity index (χ0n) is 9.67. The molecule has 6 nitrogen and oxygen atoms in total. The van der Waals surface area contributed by atoms with E-state index in [4.69, 9.17) is 5.73 Å². The normalized spacial score (nSPS) is 10.2. The van der Waals surface area contributed by atoms with E-state index in [0.29, 0.717) is 11.6 Å². The van der Waals surface area contributed by atoms with Crippen LogP contribution in [0.25, 0.3) is 0 Å². The molecular weight excluding hydrogens is 208 g/mol. The Morgan fingerprint density at radius 2 is 2.12 bits per heavy atom. The summed E-state index contributed by atoms with van der Waals surface area (Å²) in [4.78, 5) is 21.1. The second-order valence-electron chi connectivity index (χ2n) is 3.56. The van der Waals surface area contributed by atoms with Crippen molar-refractivity contribution < 1.29 is 9.53 Å². The summed E-state index contributed by atoms with van der Waals surface area (Å²) >= 11 is 0. The highest BCUT2D eigenvalue weighted by Crippen LogP contribution is 2.18. The van der Waals surface area contributed by atoms with Crippen molar-refractivity contribution >= 4 is 17.6 Å². The van der Waals surface area contributed by atoms with E-state index in [1.54, 1.807) is 11.1 Å². The number of aromatic nitrogens is 2. The van der Waals surface area contributed by atoms with Crippen LogP contribution >= 0.6 is 0 Å². The summed E-state index contributed by atoms with van der Waals surface area (Å²) in [6.07, 6.45) is 3.05. The molecule has 0 bridgehead atoms. The number of hydrogen-bond donors (Lipinski definition) is 1. The molecular formula is C10H16N4O2. The van der Waals surface area contributed by atoms with E-state index in [-0.39, 0.29) is 18.6 Å². The lowest BCUT2D eigenvalue weighted by Gasteiger charge is -2.26. The molecule has 2 N–H and O–H groups in total. The second-order valence-corrected chi connectivity index (χ2v) is 3.56. The third-order valence-electron chi connectivity index (χ3n) is 2.13. The highest BCUT2D eigenvalue weighted by Gasteiger charge is 2.18. The Balaban J connectivity index is 2.94. The van der Waals surface area contributed by atoms with Gasteiger partial charge in [-0.1, -0.05) is 0 Å². The first-order valence-corrected chi connectivity index (χ1v) is 4.96. The minimum Gasteiger partial charge on any atom is -0.468 e. The second kappa shape index (κ2) is 5.29. The first kappa shape index (κ1) is 12.2. The lowest BCUT2D eigenvalue weighted by Crippen LogP contribution is -2.37. The molecule has 0 amide bonds. The van der Waals surface area contributed by atoms with Crippen molar-refractivity contribution in [3.8, 4) is 0 Å². The van der Waals surface area contributed by atoms with Gasteiger partial charge < -0.3 is 15.4 Å². The maximum absolute atomic E-state index is 11.3. The fraction of sp³-hybridized carbons (Fsp3) is 0.500. The van der Waals surface area contributed by atoms with E-state index >= 15 is 0 Å². The van der Waals surface area contributed by atoms with Gasteiger partial charge in [-0.15, -0.1) is 0 Å². The number of nitrogens with two attached hydrogens (primary N) is 1. The lowest BCUT2D eigenvalue weighted by atomic mass is 10.3. The number of ether oxygens (including phenoxy) is 1. The Morgan fingerprint density at radius 3 is 2.62 bits per heavy atom. The molecule has 1 aromatic heterocycles. The number of rotatable bonds is 4. The number of nitrogens with zero attached hydrogens (tertiary/aromatic N) is 3. The van der Waals surface area contributed by atoms with Crippen LogP contribution in [0.5, 0.6) is 0 Å². The molecule has 0 aliphatic carbocycles. The van der Waals surface area contributed by atoms with Gasteiger partial charge in [0.05, 0.1) is 7.11 Å². The molecule has 0 aliphatic rings. The highest BCUT2D eigenvalue weighted by atomic mass is 16.5. The Labute approximate surface area is 94.4 Å². The van der Waals surface area contributed by atoms with Crippen molar-refractivity contribution in [2.24, 2.45) is 0 Å². The van der Waals surface area contributed by atoms with Gasteiger partial charge in [0.1, 0.15) is 6.54 Å². The van der Waals surface area contributed by atoms with Crippen molar-refractivity contribution in [1.29, 1.82) is 0 Å².